The summed E-state index contributed by atoms with van der Waals surface area (Å²) >= 11 is 0. The quantitative estimate of drug-likeness (QED) is 0.899. The average molecular weight is 346 g/mol. The number of carbonyl (C=O) groups is 1. The van der Waals surface area contributed by atoms with Crippen molar-refractivity contribution in [3.63, 3.8) is 0 Å². The number of para-hydroxylation sites is 1. The number of aromatic nitrogens is 1. The molecule has 24 heavy (non-hydrogen) atoms. The first-order valence-corrected chi connectivity index (χ1v) is 9.52. The van der Waals surface area contributed by atoms with E-state index >= 15 is 0 Å². The van der Waals surface area contributed by atoms with Crippen LogP contribution in [-0.4, -0.2) is 30.8 Å². The molecule has 7 heteroatoms. The number of benzene rings is 1. The molecule has 0 saturated carbocycles. The number of ether oxygens (including phenoxy) is 1. The summed E-state index contributed by atoms with van der Waals surface area (Å²) in [5.41, 5.74) is 0. The zero-order valence-electron chi connectivity index (χ0n) is 13.0. The van der Waals surface area contributed by atoms with E-state index < -0.39 is 9.84 Å². The number of carbonyl (C=O) groups excluding carboxylic acids is 1. The molecule has 0 radical (unpaired) electrons. The monoisotopic (exact) mass is 346 g/mol. The van der Waals surface area contributed by atoms with Gasteiger partial charge < -0.3 is 10.1 Å². The smallest absolute Gasteiger partial charge is 0.225 e. The third-order valence-corrected chi connectivity index (χ3v) is 5.59. The molecule has 1 aliphatic rings. The van der Waals surface area contributed by atoms with Gasteiger partial charge in [-0.1, -0.05) is 24.3 Å². The molecule has 126 valence electrons. The van der Waals surface area contributed by atoms with Gasteiger partial charge >= 0.3 is 0 Å². The van der Waals surface area contributed by atoms with E-state index in [1.807, 2.05) is 30.3 Å². The Morgan fingerprint density at radius 2 is 1.96 bits per heavy atom. The maximum absolute atomic E-state index is 12.1. The van der Waals surface area contributed by atoms with Gasteiger partial charge in [0, 0.05) is 12.5 Å². The van der Waals surface area contributed by atoms with E-state index in [1.165, 1.54) is 0 Å². The molecule has 1 atom stereocenters. The molecule has 1 aromatic heterocycles. The summed E-state index contributed by atoms with van der Waals surface area (Å²) in [7, 11) is -2.97. The van der Waals surface area contributed by atoms with Gasteiger partial charge in [0.15, 0.2) is 9.84 Å². The number of nitrogens with one attached hydrogen (secondary N) is 1. The van der Waals surface area contributed by atoms with Gasteiger partial charge in [0.25, 0.3) is 0 Å². The van der Waals surface area contributed by atoms with Crippen LogP contribution >= 0.6 is 0 Å². The molecule has 6 nitrogen and oxygen atoms in total. The molecule has 1 N–H and O–H groups in total. The van der Waals surface area contributed by atoms with Crippen molar-refractivity contribution in [3.8, 4) is 11.6 Å². The molecule has 2 aromatic rings. The minimum Gasteiger partial charge on any atom is -0.439 e. The summed E-state index contributed by atoms with van der Waals surface area (Å²) in [6, 6.07) is 14.3. The summed E-state index contributed by atoms with van der Waals surface area (Å²) < 4.78 is 28.5. The summed E-state index contributed by atoms with van der Waals surface area (Å²) in [5.74, 6) is 1.33. The number of amides is 1. The Hall–Kier alpha value is -2.41. The van der Waals surface area contributed by atoms with E-state index in [4.69, 9.17) is 4.74 Å². The van der Waals surface area contributed by atoms with Crippen LogP contribution in [0.3, 0.4) is 0 Å². The molecule has 1 amide bonds. The fourth-order valence-electron chi connectivity index (χ4n) is 2.64. The maximum atomic E-state index is 12.1. The molecule has 1 aliphatic heterocycles. The van der Waals surface area contributed by atoms with E-state index in [0.29, 0.717) is 23.9 Å². The van der Waals surface area contributed by atoms with Gasteiger partial charge in [-0.3, -0.25) is 4.79 Å². The fourth-order valence-corrected chi connectivity index (χ4v) is 4.50. The third kappa shape index (κ3) is 4.55. The lowest BCUT2D eigenvalue weighted by Crippen LogP contribution is -2.18. The van der Waals surface area contributed by atoms with Crippen molar-refractivity contribution in [1.82, 2.24) is 4.98 Å². The van der Waals surface area contributed by atoms with Crippen LogP contribution in [-0.2, 0) is 14.6 Å². The zero-order valence-corrected chi connectivity index (χ0v) is 13.8. The second-order valence-corrected chi connectivity index (χ2v) is 8.03. The first-order valence-electron chi connectivity index (χ1n) is 7.70. The van der Waals surface area contributed by atoms with Crippen molar-refractivity contribution in [2.75, 3.05) is 16.8 Å². The molecule has 0 bridgehead atoms. The highest BCUT2D eigenvalue weighted by Gasteiger charge is 2.29. The summed E-state index contributed by atoms with van der Waals surface area (Å²) in [6.07, 6.45) is 0.727. The Labute approximate surface area is 140 Å². The van der Waals surface area contributed by atoms with Crippen molar-refractivity contribution in [1.29, 1.82) is 0 Å². The van der Waals surface area contributed by atoms with E-state index in [9.17, 15) is 13.2 Å². The highest BCUT2D eigenvalue weighted by molar-refractivity contribution is 7.91. The van der Waals surface area contributed by atoms with Gasteiger partial charge in [-0.2, -0.15) is 4.98 Å². The van der Waals surface area contributed by atoms with Crippen molar-refractivity contribution in [2.24, 2.45) is 5.92 Å². The number of sulfone groups is 1. The van der Waals surface area contributed by atoms with Gasteiger partial charge in [-0.15, -0.1) is 0 Å². The van der Waals surface area contributed by atoms with Crippen molar-refractivity contribution < 1.29 is 17.9 Å². The van der Waals surface area contributed by atoms with Gasteiger partial charge in [-0.25, -0.2) is 8.42 Å². The number of pyridine rings is 1. The van der Waals surface area contributed by atoms with Crippen LogP contribution in [0.5, 0.6) is 11.6 Å². The number of hydrogen-bond donors (Lipinski definition) is 1. The van der Waals surface area contributed by atoms with Crippen LogP contribution < -0.4 is 10.1 Å². The molecule has 1 unspecified atom stereocenters. The second-order valence-electron chi connectivity index (χ2n) is 5.80. The van der Waals surface area contributed by atoms with Crippen LogP contribution in [0.4, 0.5) is 5.82 Å². The van der Waals surface area contributed by atoms with Crippen molar-refractivity contribution in [2.45, 2.75) is 12.8 Å². The molecule has 0 aliphatic carbocycles. The van der Waals surface area contributed by atoms with Gasteiger partial charge in [-0.05, 0) is 30.5 Å². The van der Waals surface area contributed by atoms with Crippen molar-refractivity contribution in [3.05, 3.63) is 48.5 Å². The largest absolute Gasteiger partial charge is 0.439 e. The molecule has 3 rings (SSSR count). The first-order chi connectivity index (χ1) is 11.5. The number of hydrogen-bond acceptors (Lipinski definition) is 5. The van der Waals surface area contributed by atoms with Gasteiger partial charge in [0.05, 0.1) is 11.5 Å². The standard InChI is InChI=1S/C17H18N2O4S/c20-16(11-13-9-10-24(21,22)12-13)18-15-7-4-8-17(19-15)23-14-5-2-1-3-6-14/h1-8,13H,9-12H2,(H,18,19,20). The minimum absolute atomic E-state index is 0.0883. The fraction of sp³-hybridized carbons (Fsp3) is 0.294. The average Bonchev–Trinajstić information content (AvgIpc) is 2.87. The van der Waals surface area contributed by atoms with Crippen LogP contribution in [0.2, 0.25) is 0 Å². The number of nitrogens with zero attached hydrogens (tertiary/aromatic N) is 1. The molecule has 1 aromatic carbocycles. The predicted octanol–water partition coefficient (Wildman–Crippen LogP) is 2.64. The zero-order chi connectivity index (χ0) is 17.0. The Bertz CT molecular complexity index is 821. The lowest BCUT2D eigenvalue weighted by Gasteiger charge is -2.09. The van der Waals surface area contributed by atoms with Crippen LogP contribution in [0, 0.1) is 5.92 Å². The second kappa shape index (κ2) is 7.00. The number of rotatable bonds is 5. The molecule has 0 spiro atoms. The predicted molar refractivity (Wildman–Crippen MR) is 90.8 cm³/mol. The number of anilines is 1. The summed E-state index contributed by atoms with van der Waals surface area (Å²) in [5, 5.41) is 2.70. The molecule has 2 heterocycles. The van der Waals surface area contributed by atoms with Crippen molar-refractivity contribution >= 4 is 21.6 Å². The summed E-state index contributed by atoms with van der Waals surface area (Å²) in [6.45, 7) is 0. The Morgan fingerprint density at radius 3 is 2.67 bits per heavy atom. The SMILES string of the molecule is O=C(CC1CCS(=O)(=O)C1)Nc1cccc(Oc2ccccc2)n1. The van der Waals surface area contributed by atoms with E-state index in [2.05, 4.69) is 10.3 Å². The Morgan fingerprint density at radius 1 is 1.17 bits per heavy atom. The van der Waals surface area contributed by atoms with E-state index in [-0.39, 0.29) is 29.8 Å². The van der Waals surface area contributed by atoms with Gasteiger partial charge in [0.1, 0.15) is 11.6 Å². The van der Waals surface area contributed by atoms with Crippen LogP contribution in [0.25, 0.3) is 0 Å². The lowest BCUT2D eigenvalue weighted by molar-refractivity contribution is -0.116. The Balaban J connectivity index is 1.59. The Kier molecular flexibility index (Phi) is 4.80. The third-order valence-electron chi connectivity index (χ3n) is 3.76. The molecule has 1 fully saturated rings. The first kappa shape index (κ1) is 16.4. The molecular weight excluding hydrogens is 328 g/mol. The normalized spacial score (nSPS) is 18.9. The molecule has 1 saturated heterocycles. The highest BCUT2D eigenvalue weighted by atomic mass is 32.2. The highest BCUT2D eigenvalue weighted by Crippen LogP contribution is 2.23. The topological polar surface area (TPSA) is 85.4 Å². The van der Waals surface area contributed by atoms with Crippen LogP contribution in [0.15, 0.2) is 48.5 Å². The maximum Gasteiger partial charge on any atom is 0.225 e. The van der Waals surface area contributed by atoms with Crippen LogP contribution in [0.1, 0.15) is 12.8 Å². The van der Waals surface area contributed by atoms with E-state index in [1.54, 1.807) is 18.2 Å². The van der Waals surface area contributed by atoms with Gasteiger partial charge in [0.2, 0.25) is 11.8 Å². The summed E-state index contributed by atoms with van der Waals surface area (Å²) in [4.78, 5) is 16.3. The van der Waals surface area contributed by atoms with E-state index in [0.717, 1.165) is 0 Å². The lowest BCUT2D eigenvalue weighted by atomic mass is 10.1. The minimum atomic E-state index is -2.97. The molecular formula is C17H18N2O4S.